The summed E-state index contributed by atoms with van der Waals surface area (Å²) in [6.45, 7) is 2.13. The molecule has 1 saturated carbocycles. The molecule has 0 amide bonds. The van der Waals surface area contributed by atoms with Crippen LogP contribution in [0.5, 0.6) is 0 Å². The molecule has 1 aliphatic carbocycles. The minimum Gasteiger partial charge on any atom is -0.477 e. The number of hydrogen-bond acceptors (Lipinski definition) is 7. The number of anilines is 2. The normalized spacial score (nSPS) is 18.1. The Morgan fingerprint density at radius 2 is 1.90 bits per heavy atom. The van der Waals surface area contributed by atoms with E-state index < -0.39 is 5.97 Å². The van der Waals surface area contributed by atoms with Gasteiger partial charge in [0.2, 0.25) is 0 Å². The lowest BCUT2D eigenvalue weighted by atomic mass is 9.93. The van der Waals surface area contributed by atoms with Gasteiger partial charge in [0.25, 0.3) is 0 Å². The number of aryl methyl sites for hydroxylation is 1. The number of carboxylic acids is 1. The standard InChI is InChI=1S/C32H24N4O2S2/c1-18-5-8-21(9-6-18)36-27-4-2-3-24(27)26-16-19(7-13-28(26)36)23-11-12-25(31-30(23)34-35-40-31)29-14-10-22(39-29)15-20(17-33)32(37)38/h5-16,24,27H,2-4H2,1H3,(H,37,38). The Kier molecular flexibility index (Phi) is 5.99. The molecule has 3 heterocycles. The number of aromatic nitrogens is 2. The molecule has 2 atom stereocenters. The van der Waals surface area contributed by atoms with Crippen molar-refractivity contribution in [3.8, 4) is 27.6 Å². The van der Waals surface area contributed by atoms with Crippen molar-refractivity contribution in [3.63, 3.8) is 0 Å². The van der Waals surface area contributed by atoms with Crippen LogP contribution in [0.4, 0.5) is 11.4 Å². The van der Waals surface area contributed by atoms with Gasteiger partial charge in [0.1, 0.15) is 17.2 Å². The van der Waals surface area contributed by atoms with E-state index in [2.05, 4.69) is 76.0 Å². The number of aliphatic carboxylic acids is 1. The molecule has 0 saturated heterocycles. The fourth-order valence-corrected chi connectivity index (χ4v) is 7.98. The Hall–Kier alpha value is -4.32. The summed E-state index contributed by atoms with van der Waals surface area (Å²) in [4.78, 5) is 15.5. The fourth-order valence-electron chi connectivity index (χ4n) is 6.22. The van der Waals surface area contributed by atoms with E-state index in [-0.39, 0.29) is 5.57 Å². The molecule has 8 heteroatoms. The van der Waals surface area contributed by atoms with Crippen LogP contribution in [0.15, 0.2) is 72.3 Å². The third-order valence-corrected chi connectivity index (χ3v) is 9.88. The van der Waals surface area contributed by atoms with Crippen molar-refractivity contribution in [1.29, 1.82) is 5.26 Å². The summed E-state index contributed by atoms with van der Waals surface area (Å²) in [5.74, 6) is -0.697. The molecule has 2 aromatic heterocycles. The molecule has 5 aromatic rings. The summed E-state index contributed by atoms with van der Waals surface area (Å²) >= 11 is 2.81. The number of carboxylic acid groups (broad SMARTS) is 1. The Morgan fingerprint density at radius 1 is 1.07 bits per heavy atom. The van der Waals surface area contributed by atoms with E-state index in [0.717, 1.165) is 31.8 Å². The van der Waals surface area contributed by atoms with Crippen LogP contribution in [-0.4, -0.2) is 26.7 Å². The van der Waals surface area contributed by atoms with E-state index in [1.165, 1.54) is 70.7 Å². The Morgan fingerprint density at radius 3 is 2.70 bits per heavy atom. The second kappa shape index (κ2) is 9.70. The fraction of sp³-hybridized carbons (Fsp3) is 0.188. The summed E-state index contributed by atoms with van der Waals surface area (Å²) in [6.07, 6.45) is 5.07. The van der Waals surface area contributed by atoms with E-state index >= 15 is 0 Å². The van der Waals surface area contributed by atoms with Gasteiger partial charge in [-0.15, -0.1) is 16.4 Å². The lowest BCUT2D eigenvalue weighted by Crippen LogP contribution is -2.26. The van der Waals surface area contributed by atoms with Crippen molar-refractivity contribution in [2.24, 2.45) is 0 Å². The van der Waals surface area contributed by atoms with Crippen LogP contribution in [0.3, 0.4) is 0 Å². The highest BCUT2D eigenvalue weighted by Gasteiger charge is 2.42. The monoisotopic (exact) mass is 560 g/mol. The molecule has 6 nitrogen and oxygen atoms in total. The average molecular weight is 561 g/mol. The summed E-state index contributed by atoms with van der Waals surface area (Å²) in [7, 11) is 0. The third-order valence-electron chi connectivity index (χ3n) is 8.05. The molecule has 3 aromatic carbocycles. The maximum atomic E-state index is 11.3. The van der Waals surface area contributed by atoms with Gasteiger partial charge in [-0.3, -0.25) is 0 Å². The number of hydrogen-bond donors (Lipinski definition) is 1. The summed E-state index contributed by atoms with van der Waals surface area (Å²) < 4.78 is 5.30. The second-order valence-corrected chi connectivity index (χ2v) is 12.2. The van der Waals surface area contributed by atoms with Crippen molar-refractivity contribution in [2.75, 3.05) is 4.90 Å². The Labute approximate surface area is 239 Å². The van der Waals surface area contributed by atoms with Gasteiger partial charge in [0.15, 0.2) is 0 Å². The topological polar surface area (TPSA) is 90.1 Å². The smallest absolute Gasteiger partial charge is 0.346 e. The highest BCUT2D eigenvalue weighted by Crippen LogP contribution is 2.53. The first kappa shape index (κ1) is 24.7. The molecule has 2 aliphatic rings. The Balaban J connectivity index is 1.28. The number of thiophene rings is 1. The molecule has 0 radical (unpaired) electrons. The maximum Gasteiger partial charge on any atom is 0.346 e. The molecule has 0 bridgehead atoms. The lowest BCUT2D eigenvalue weighted by molar-refractivity contribution is -0.132. The first-order valence-corrected chi connectivity index (χ1v) is 14.8. The van der Waals surface area contributed by atoms with Crippen LogP contribution in [0.25, 0.3) is 37.9 Å². The van der Waals surface area contributed by atoms with E-state index in [0.29, 0.717) is 16.8 Å². The third kappa shape index (κ3) is 4.01. The van der Waals surface area contributed by atoms with Crippen molar-refractivity contribution < 1.29 is 9.90 Å². The first-order valence-electron chi connectivity index (χ1n) is 13.2. The van der Waals surface area contributed by atoms with Crippen LogP contribution in [0, 0.1) is 18.3 Å². The second-order valence-electron chi connectivity index (χ2n) is 10.4. The van der Waals surface area contributed by atoms with Gasteiger partial charge >= 0.3 is 5.97 Å². The van der Waals surface area contributed by atoms with Crippen LogP contribution in [0.2, 0.25) is 0 Å². The predicted molar refractivity (Wildman–Crippen MR) is 161 cm³/mol. The zero-order chi connectivity index (χ0) is 27.4. The van der Waals surface area contributed by atoms with Gasteiger partial charge in [-0.05, 0) is 84.9 Å². The molecular weight excluding hydrogens is 537 g/mol. The SMILES string of the molecule is Cc1ccc(N2c3ccc(-c4ccc(-c5ccc(C=C(C#N)C(=O)O)s5)c5snnc45)cc3C3CCCC32)cc1. The number of fused-ring (bicyclic) bond motifs is 4. The van der Waals surface area contributed by atoms with Gasteiger partial charge in [0.05, 0.1) is 4.70 Å². The molecule has 196 valence electrons. The molecule has 7 rings (SSSR count). The molecule has 1 fully saturated rings. The molecule has 1 N–H and O–H groups in total. The van der Waals surface area contributed by atoms with Gasteiger partial charge < -0.3 is 10.0 Å². The maximum absolute atomic E-state index is 11.3. The lowest BCUT2D eigenvalue weighted by Gasteiger charge is -2.27. The number of rotatable bonds is 5. The van der Waals surface area contributed by atoms with Crippen LogP contribution >= 0.6 is 22.9 Å². The molecule has 0 spiro atoms. The average Bonchev–Trinajstić information content (AvgIpc) is 3.76. The molecule has 40 heavy (non-hydrogen) atoms. The van der Waals surface area contributed by atoms with Gasteiger partial charge in [0, 0.05) is 44.2 Å². The minimum atomic E-state index is -1.23. The van der Waals surface area contributed by atoms with Crippen molar-refractivity contribution >= 4 is 56.5 Å². The summed E-state index contributed by atoms with van der Waals surface area (Å²) in [5, 5.41) is 22.8. The van der Waals surface area contributed by atoms with Crippen molar-refractivity contribution in [3.05, 3.63) is 88.3 Å². The summed E-state index contributed by atoms with van der Waals surface area (Å²) in [6, 6.07) is 26.0. The summed E-state index contributed by atoms with van der Waals surface area (Å²) in [5.41, 5.74) is 9.07. The number of carbonyl (C=O) groups is 1. The van der Waals surface area contributed by atoms with E-state index in [9.17, 15) is 9.90 Å². The van der Waals surface area contributed by atoms with E-state index in [4.69, 9.17) is 5.26 Å². The highest BCUT2D eigenvalue weighted by atomic mass is 32.1. The van der Waals surface area contributed by atoms with Gasteiger partial charge in [-0.2, -0.15) is 5.26 Å². The molecular formula is C32H24N4O2S2. The molecule has 1 aliphatic heterocycles. The Bertz CT molecular complexity index is 1860. The minimum absolute atomic E-state index is 0.282. The van der Waals surface area contributed by atoms with Crippen LogP contribution in [-0.2, 0) is 4.79 Å². The van der Waals surface area contributed by atoms with E-state index in [1.54, 1.807) is 6.07 Å². The van der Waals surface area contributed by atoms with Crippen molar-refractivity contribution in [2.45, 2.75) is 38.1 Å². The van der Waals surface area contributed by atoms with Crippen LogP contribution < -0.4 is 4.90 Å². The highest BCUT2D eigenvalue weighted by molar-refractivity contribution is 7.18. The van der Waals surface area contributed by atoms with Crippen LogP contribution in [0.1, 0.15) is 41.2 Å². The first-order chi connectivity index (χ1) is 19.5. The number of nitrogens with zero attached hydrogens (tertiary/aromatic N) is 4. The van der Waals surface area contributed by atoms with Gasteiger partial charge in [-0.1, -0.05) is 46.8 Å². The molecule has 2 unspecified atom stereocenters. The number of benzene rings is 3. The largest absolute Gasteiger partial charge is 0.477 e. The van der Waals surface area contributed by atoms with E-state index in [1.807, 2.05) is 12.1 Å². The zero-order valence-corrected chi connectivity index (χ0v) is 23.3. The quantitative estimate of drug-likeness (QED) is 0.172. The van der Waals surface area contributed by atoms with Crippen molar-refractivity contribution in [1.82, 2.24) is 9.59 Å². The zero-order valence-electron chi connectivity index (χ0n) is 21.7. The van der Waals surface area contributed by atoms with Gasteiger partial charge in [-0.25, -0.2) is 4.79 Å². The predicted octanol–water partition coefficient (Wildman–Crippen LogP) is 8.17. The number of nitriles is 1.